The zero-order chi connectivity index (χ0) is 14.3. The van der Waals surface area contributed by atoms with E-state index in [2.05, 4.69) is 19.2 Å². The largest absolute Gasteiger partial charge is 0.491 e. The third-order valence-corrected chi connectivity index (χ3v) is 3.62. The molecule has 0 fully saturated rings. The first-order valence-corrected chi connectivity index (χ1v) is 7.25. The molecule has 2 N–H and O–H groups in total. The summed E-state index contributed by atoms with van der Waals surface area (Å²) >= 11 is 5.94. The van der Waals surface area contributed by atoms with E-state index in [1.54, 1.807) is 6.07 Å². The van der Waals surface area contributed by atoms with Crippen molar-refractivity contribution in [3.8, 4) is 5.75 Å². The van der Waals surface area contributed by atoms with Crippen molar-refractivity contribution < 1.29 is 9.84 Å². The van der Waals surface area contributed by atoms with Crippen LogP contribution in [0.25, 0.3) is 0 Å². The summed E-state index contributed by atoms with van der Waals surface area (Å²) in [4.78, 5) is 0. The van der Waals surface area contributed by atoms with E-state index >= 15 is 0 Å². The van der Waals surface area contributed by atoms with E-state index < -0.39 is 6.10 Å². The SMILES string of the molecule is CCC(CC)NCC(O)COc1ccc(Cl)c(C)c1. The average Bonchev–Trinajstić information content (AvgIpc) is 2.41. The van der Waals surface area contributed by atoms with Gasteiger partial charge in [0.25, 0.3) is 0 Å². The summed E-state index contributed by atoms with van der Waals surface area (Å²) in [6.07, 6.45) is 1.64. The molecule has 0 aliphatic heterocycles. The van der Waals surface area contributed by atoms with E-state index in [9.17, 15) is 5.11 Å². The van der Waals surface area contributed by atoms with Gasteiger partial charge in [0, 0.05) is 17.6 Å². The van der Waals surface area contributed by atoms with Crippen LogP contribution in [0.1, 0.15) is 32.3 Å². The van der Waals surface area contributed by atoms with Crippen LogP contribution in [0.2, 0.25) is 5.02 Å². The highest BCUT2D eigenvalue weighted by Gasteiger charge is 2.09. The fraction of sp³-hybridized carbons (Fsp3) is 0.600. The van der Waals surface area contributed by atoms with Crippen molar-refractivity contribution in [3.05, 3.63) is 28.8 Å². The molecule has 0 bridgehead atoms. The van der Waals surface area contributed by atoms with Gasteiger partial charge in [-0.2, -0.15) is 0 Å². The van der Waals surface area contributed by atoms with Crippen LogP contribution >= 0.6 is 11.6 Å². The molecule has 1 aromatic rings. The molecule has 0 radical (unpaired) electrons. The van der Waals surface area contributed by atoms with Gasteiger partial charge in [0.05, 0.1) is 0 Å². The molecule has 1 unspecified atom stereocenters. The number of halogens is 1. The van der Waals surface area contributed by atoms with E-state index in [-0.39, 0.29) is 6.61 Å². The maximum absolute atomic E-state index is 9.86. The Morgan fingerprint density at radius 2 is 2.00 bits per heavy atom. The van der Waals surface area contributed by atoms with Gasteiger partial charge in [0.1, 0.15) is 18.5 Å². The monoisotopic (exact) mass is 285 g/mol. The van der Waals surface area contributed by atoms with Crippen molar-refractivity contribution in [2.45, 2.75) is 45.8 Å². The van der Waals surface area contributed by atoms with Gasteiger partial charge in [-0.1, -0.05) is 25.4 Å². The molecule has 1 rings (SSSR count). The summed E-state index contributed by atoms with van der Waals surface area (Å²) in [5, 5.41) is 13.9. The highest BCUT2D eigenvalue weighted by molar-refractivity contribution is 6.31. The Hall–Kier alpha value is -0.770. The van der Waals surface area contributed by atoms with E-state index in [4.69, 9.17) is 16.3 Å². The minimum absolute atomic E-state index is 0.286. The van der Waals surface area contributed by atoms with Crippen LogP contribution < -0.4 is 10.1 Å². The maximum atomic E-state index is 9.86. The minimum atomic E-state index is -0.503. The van der Waals surface area contributed by atoms with Gasteiger partial charge in [0.2, 0.25) is 0 Å². The summed E-state index contributed by atoms with van der Waals surface area (Å²) in [5.74, 6) is 0.739. The Bertz CT molecular complexity index is 380. The van der Waals surface area contributed by atoms with Gasteiger partial charge in [-0.05, 0) is 43.5 Å². The molecular weight excluding hydrogens is 262 g/mol. The van der Waals surface area contributed by atoms with Gasteiger partial charge in [-0.25, -0.2) is 0 Å². The highest BCUT2D eigenvalue weighted by Crippen LogP contribution is 2.21. The fourth-order valence-corrected chi connectivity index (χ4v) is 1.96. The van der Waals surface area contributed by atoms with Crippen molar-refractivity contribution in [1.29, 1.82) is 0 Å². The Kier molecular flexibility index (Phi) is 7.21. The number of hydrogen-bond donors (Lipinski definition) is 2. The predicted molar refractivity (Wildman–Crippen MR) is 80.1 cm³/mol. The Balaban J connectivity index is 2.33. The summed E-state index contributed by atoms with van der Waals surface area (Å²) in [7, 11) is 0. The van der Waals surface area contributed by atoms with Crippen LogP contribution in [-0.2, 0) is 0 Å². The van der Waals surface area contributed by atoms with Crippen LogP contribution in [0.15, 0.2) is 18.2 Å². The Labute approximate surface area is 120 Å². The number of benzene rings is 1. The van der Waals surface area contributed by atoms with Crippen LogP contribution in [0.3, 0.4) is 0 Å². The van der Waals surface area contributed by atoms with Crippen molar-refractivity contribution in [2.24, 2.45) is 0 Å². The lowest BCUT2D eigenvalue weighted by Gasteiger charge is -2.18. The standard InChI is InChI=1S/C15H24ClNO2/c1-4-12(5-2)17-9-13(18)10-19-14-6-7-15(16)11(3)8-14/h6-8,12-13,17-18H,4-5,9-10H2,1-3H3. The zero-order valence-corrected chi connectivity index (χ0v) is 12.7. The summed E-state index contributed by atoms with van der Waals surface area (Å²) in [6, 6.07) is 5.97. The molecule has 0 saturated heterocycles. The lowest BCUT2D eigenvalue weighted by Crippen LogP contribution is -2.37. The number of ether oxygens (including phenoxy) is 1. The topological polar surface area (TPSA) is 41.5 Å². The molecule has 1 atom stereocenters. The first-order chi connectivity index (χ1) is 9.06. The third kappa shape index (κ3) is 5.81. The number of hydrogen-bond acceptors (Lipinski definition) is 3. The smallest absolute Gasteiger partial charge is 0.119 e. The fourth-order valence-electron chi connectivity index (χ4n) is 1.84. The average molecular weight is 286 g/mol. The van der Waals surface area contributed by atoms with Crippen molar-refractivity contribution >= 4 is 11.6 Å². The van der Waals surface area contributed by atoms with Gasteiger partial charge in [0.15, 0.2) is 0 Å². The summed E-state index contributed by atoms with van der Waals surface area (Å²) in [6.45, 7) is 7.05. The number of aliphatic hydroxyl groups excluding tert-OH is 1. The van der Waals surface area contributed by atoms with Crippen LogP contribution in [-0.4, -0.2) is 30.4 Å². The maximum Gasteiger partial charge on any atom is 0.119 e. The number of rotatable bonds is 8. The van der Waals surface area contributed by atoms with Crippen molar-refractivity contribution in [3.63, 3.8) is 0 Å². The van der Waals surface area contributed by atoms with Gasteiger partial charge >= 0.3 is 0 Å². The Morgan fingerprint density at radius 3 is 2.58 bits per heavy atom. The normalized spacial score (nSPS) is 12.7. The Morgan fingerprint density at radius 1 is 1.32 bits per heavy atom. The molecule has 0 aliphatic rings. The quantitative estimate of drug-likeness (QED) is 0.771. The van der Waals surface area contributed by atoms with E-state index in [0.29, 0.717) is 12.6 Å². The molecule has 0 aromatic heterocycles. The first-order valence-electron chi connectivity index (χ1n) is 6.87. The molecule has 19 heavy (non-hydrogen) atoms. The molecule has 4 heteroatoms. The van der Waals surface area contributed by atoms with Gasteiger partial charge in [-0.15, -0.1) is 0 Å². The van der Waals surface area contributed by atoms with Crippen molar-refractivity contribution in [2.75, 3.05) is 13.2 Å². The van der Waals surface area contributed by atoms with E-state index in [1.807, 2.05) is 19.1 Å². The second kappa shape index (κ2) is 8.41. The third-order valence-electron chi connectivity index (χ3n) is 3.20. The van der Waals surface area contributed by atoms with Gasteiger partial charge < -0.3 is 15.2 Å². The summed E-state index contributed by atoms with van der Waals surface area (Å²) < 4.78 is 5.55. The van der Waals surface area contributed by atoms with Crippen LogP contribution in [0.4, 0.5) is 0 Å². The second-order valence-corrected chi connectivity index (χ2v) is 5.20. The number of aryl methyl sites for hydroxylation is 1. The van der Waals surface area contributed by atoms with Crippen molar-refractivity contribution in [1.82, 2.24) is 5.32 Å². The highest BCUT2D eigenvalue weighted by atomic mass is 35.5. The molecule has 0 amide bonds. The van der Waals surface area contributed by atoms with E-state index in [1.165, 1.54) is 0 Å². The zero-order valence-electron chi connectivity index (χ0n) is 11.9. The molecule has 108 valence electrons. The van der Waals surface area contributed by atoms with Crippen LogP contribution in [0.5, 0.6) is 5.75 Å². The molecule has 3 nitrogen and oxygen atoms in total. The molecular formula is C15H24ClNO2. The molecule has 0 spiro atoms. The lowest BCUT2D eigenvalue weighted by molar-refractivity contribution is 0.103. The molecule has 0 saturated carbocycles. The second-order valence-electron chi connectivity index (χ2n) is 4.80. The van der Waals surface area contributed by atoms with Crippen LogP contribution in [0, 0.1) is 6.92 Å². The summed E-state index contributed by atoms with van der Waals surface area (Å²) in [5.41, 5.74) is 0.976. The minimum Gasteiger partial charge on any atom is -0.491 e. The number of nitrogens with one attached hydrogen (secondary N) is 1. The lowest BCUT2D eigenvalue weighted by atomic mass is 10.1. The molecule has 0 heterocycles. The molecule has 0 aliphatic carbocycles. The van der Waals surface area contributed by atoms with E-state index in [0.717, 1.165) is 29.2 Å². The number of aliphatic hydroxyl groups is 1. The predicted octanol–water partition coefficient (Wildman–Crippen LogP) is 3.17. The molecule has 1 aromatic carbocycles. The first kappa shape index (κ1) is 16.3. The van der Waals surface area contributed by atoms with Gasteiger partial charge in [-0.3, -0.25) is 0 Å².